The van der Waals surface area contributed by atoms with Crippen LogP contribution in [-0.2, 0) is 9.59 Å². The summed E-state index contributed by atoms with van der Waals surface area (Å²) in [6.45, 7) is 3.68. The summed E-state index contributed by atoms with van der Waals surface area (Å²) in [6, 6.07) is 11.3. The number of aliphatic hydroxyl groups excluding tert-OH is 1. The highest BCUT2D eigenvalue weighted by atomic mass is 32.2. The van der Waals surface area contributed by atoms with Gasteiger partial charge in [0.15, 0.2) is 0 Å². The zero-order chi connectivity index (χ0) is 18.8. The number of imide groups is 1. The number of nitrogens with zero attached hydrogens (tertiary/aromatic N) is 1. The Hall–Kier alpha value is -2.44. The molecule has 1 aliphatic rings. The third-order valence-corrected chi connectivity index (χ3v) is 5.18. The molecular formula is C20H18FNO3S. The summed E-state index contributed by atoms with van der Waals surface area (Å²) in [5, 5.41) is 9.14. The van der Waals surface area contributed by atoms with Gasteiger partial charge in [0, 0.05) is 5.75 Å². The lowest BCUT2D eigenvalue weighted by Crippen LogP contribution is -2.32. The fourth-order valence-corrected chi connectivity index (χ4v) is 3.83. The Balaban J connectivity index is 2.14. The molecule has 2 aromatic carbocycles. The highest BCUT2D eigenvalue weighted by Crippen LogP contribution is 2.39. The second kappa shape index (κ2) is 7.43. The average molecular weight is 371 g/mol. The van der Waals surface area contributed by atoms with E-state index in [4.69, 9.17) is 5.11 Å². The van der Waals surface area contributed by atoms with Gasteiger partial charge in [-0.25, -0.2) is 9.29 Å². The van der Waals surface area contributed by atoms with Crippen LogP contribution in [0.1, 0.15) is 16.7 Å². The van der Waals surface area contributed by atoms with Crippen LogP contribution in [0.2, 0.25) is 0 Å². The molecule has 2 amide bonds. The highest BCUT2D eigenvalue weighted by molar-refractivity contribution is 8.04. The topological polar surface area (TPSA) is 57.6 Å². The molecule has 1 heterocycles. The van der Waals surface area contributed by atoms with E-state index in [0.717, 1.165) is 27.8 Å². The molecule has 0 fully saturated rings. The lowest BCUT2D eigenvalue weighted by molar-refractivity contribution is -0.119. The van der Waals surface area contributed by atoms with Crippen molar-refractivity contribution < 1.29 is 19.1 Å². The van der Waals surface area contributed by atoms with Crippen molar-refractivity contribution in [1.82, 2.24) is 0 Å². The first-order valence-corrected chi connectivity index (χ1v) is 9.13. The molecule has 0 spiro atoms. The number of halogens is 1. The van der Waals surface area contributed by atoms with E-state index in [2.05, 4.69) is 0 Å². The van der Waals surface area contributed by atoms with Gasteiger partial charge in [0.1, 0.15) is 5.82 Å². The smallest absolute Gasteiger partial charge is 0.272 e. The Labute approximate surface area is 155 Å². The van der Waals surface area contributed by atoms with Crippen molar-refractivity contribution in [3.8, 4) is 0 Å². The molecule has 0 bridgehead atoms. The number of aliphatic hydroxyl groups is 1. The number of benzene rings is 2. The van der Waals surface area contributed by atoms with Crippen LogP contribution in [0, 0.1) is 19.7 Å². The Bertz CT molecular complexity index is 923. The van der Waals surface area contributed by atoms with Crippen LogP contribution in [0.4, 0.5) is 10.1 Å². The maximum Gasteiger partial charge on any atom is 0.272 e. The molecule has 0 radical (unpaired) electrons. The fourth-order valence-electron chi connectivity index (χ4n) is 2.97. The van der Waals surface area contributed by atoms with Crippen LogP contribution in [-0.4, -0.2) is 29.3 Å². The van der Waals surface area contributed by atoms with Gasteiger partial charge < -0.3 is 5.11 Å². The lowest BCUT2D eigenvalue weighted by Gasteiger charge is -2.16. The van der Waals surface area contributed by atoms with E-state index in [1.807, 2.05) is 26.0 Å². The van der Waals surface area contributed by atoms with E-state index in [9.17, 15) is 14.0 Å². The molecule has 0 atom stereocenters. The van der Waals surface area contributed by atoms with Gasteiger partial charge in [0.25, 0.3) is 11.8 Å². The molecule has 134 valence electrons. The zero-order valence-electron chi connectivity index (χ0n) is 14.5. The number of carbonyl (C=O) groups is 2. The third-order valence-electron chi connectivity index (χ3n) is 4.12. The molecular weight excluding hydrogens is 353 g/mol. The van der Waals surface area contributed by atoms with Crippen molar-refractivity contribution in [3.63, 3.8) is 0 Å². The lowest BCUT2D eigenvalue weighted by atomic mass is 9.99. The van der Waals surface area contributed by atoms with Crippen LogP contribution in [0.5, 0.6) is 0 Å². The van der Waals surface area contributed by atoms with Crippen molar-refractivity contribution >= 4 is 34.8 Å². The third kappa shape index (κ3) is 3.18. The van der Waals surface area contributed by atoms with Crippen LogP contribution >= 0.6 is 11.8 Å². The number of amides is 2. The van der Waals surface area contributed by atoms with Gasteiger partial charge in [-0.1, -0.05) is 35.9 Å². The van der Waals surface area contributed by atoms with Crippen molar-refractivity contribution in [3.05, 3.63) is 69.9 Å². The van der Waals surface area contributed by atoms with Crippen LogP contribution in [0.15, 0.2) is 47.4 Å². The Morgan fingerprint density at radius 1 is 1.08 bits per heavy atom. The molecule has 3 rings (SSSR count). The molecule has 4 nitrogen and oxygen atoms in total. The first-order valence-electron chi connectivity index (χ1n) is 8.14. The number of para-hydroxylation sites is 1. The predicted octanol–water partition coefficient (Wildman–Crippen LogP) is 3.45. The quantitative estimate of drug-likeness (QED) is 0.818. The molecule has 0 aliphatic carbocycles. The first kappa shape index (κ1) is 18.4. The molecule has 0 saturated carbocycles. The van der Waals surface area contributed by atoms with Gasteiger partial charge in [0.2, 0.25) is 0 Å². The highest BCUT2D eigenvalue weighted by Gasteiger charge is 2.41. The number of hydrogen-bond donors (Lipinski definition) is 1. The summed E-state index contributed by atoms with van der Waals surface area (Å²) >= 11 is 1.11. The van der Waals surface area contributed by atoms with Crippen LogP contribution in [0.25, 0.3) is 5.57 Å². The normalized spacial score (nSPS) is 14.5. The number of hydrogen-bond acceptors (Lipinski definition) is 4. The van der Waals surface area contributed by atoms with E-state index < -0.39 is 17.6 Å². The number of anilines is 1. The van der Waals surface area contributed by atoms with E-state index in [1.165, 1.54) is 18.2 Å². The van der Waals surface area contributed by atoms with Crippen molar-refractivity contribution in [2.75, 3.05) is 17.3 Å². The summed E-state index contributed by atoms with van der Waals surface area (Å²) in [6.07, 6.45) is 0. The standard InChI is InChI=1S/C20H18FNO3S/c1-12-7-8-14(13(2)11-12)17-18(26-10-9-23)20(25)22(19(17)24)16-6-4-3-5-15(16)21/h3-8,11,23H,9-10H2,1-2H3. The van der Waals surface area contributed by atoms with E-state index >= 15 is 0 Å². The summed E-state index contributed by atoms with van der Waals surface area (Å²) in [5.74, 6) is -1.47. The fraction of sp³-hybridized carbons (Fsp3) is 0.200. The predicted molar refractivity (Wildman–Crippen MR) is 101 cm³/mol. The first-order chi connectivity index (χ1) is 12.5. The molecule has 2 aromatic rings. The Morgan fingerprint density at radius 2 is 1.81 bits per heavy atom. The van der Waals surface area contributed by atoms with Crippen LogP contribution < -0.4 is 4.90 Å². The second-order valence-electron chi connectivity index (χ2n) is 5.99. The van der Waals surface area contributed by atoms with Crippen LogP contribution in [0.3, 0.4) is 0 Å². The number of rotatable bonds is 5. The number of carbonyl (C=O) groups excluding carboxylic acids is 2. The summed E-state index contributed by atoms with van der Waals surface area (Å²) in [7, 11) is 0. The molecule has 26 heavy (non-hydrogen) atoms. The minimum Gasteiger partial charge on any atom is -0.396 e. The number of thioether (sulfide) groups is 1. The Kier molecular flexibility index (Phi) is 5.25. The summed E-state index contributed by atoms with van der Waals surface area (Å²) in [5.41, 5.74) is 2.74. The van der Waals surface area contributed by atoms with Crippen molar-refractivity contribution in [2.45, 2.75) is 13.8 Å². The molecule has 0 saturated heterocycles. The van der Waals surface area contributed by atoms with Crippen molar-refractivity contribution in [2.24, 2.45) is 0 Å². The molecule has 0 unspecified atom stereocenters. The van der Waals surface area contributed by atoms with Gasteiger partial charge in [-0.3, -0.25) is 9.59 Å². The largest absolute Gasteiger partial charge is 0.396 e. The monoisotopic (exact) mass is 371 g/mol. The van der Waals surface area contributed by atoms with Gasteiger partial charge in [0.05, 0.1) is 22.8 Å². The van der Waals surface area contributed by atoms with E-state index in [0.29, 0.717) is 5.56 Å². The van der Waals surface area contributed by atoms with Gasteiger partial charge in [-0.05, 0) is 37.1 Å². The van der Waals surface area contributed by atoms with Gasteiger partial charge >= 0.3 is 0 Å². The Morgan fingerprint density at radius 3 is 2.46 bits per heavy atom. The number of aryl methyl sites for hydroxylation is 2. The molecule has 6 heteroatoms. The minimum absolute atomic E-state index is 0.0654. The van der Waals surface area contributed by atoms with Gasteiger partial charge in [-0.15, -0.1) is 11.8 Å². The minimum atomic E-state index is -0.636. The maximum absolute atomic E-state index is 14.2. The average Bonchev–Trinajstić information content (AvgIpc) is 2.84. The van der Waals surface area contributed by atoms with Gasteiger partial charge in [-0.2, -0.15) is 0 Å². The van der Waals surface area contributed by atoms with E-state index in [1.54, 1.807) is 12.1 Å². The van der Waals surface area contributed by atoms with E-state index in [-0.39, 0.29) is 28.5 Å². The second-order valence-corrected chi connectivity index (χ2v) is 7.10. The molecule has 1 N–H and O–H groups in total. The van der Waals surface area contributed by atoms with Crippen molar-refractivity contribution in [1.29, 1.82) is 0 Å². The zero-order valence-corrected chi connectivity index (χ0v) is 15.3. The SMILES string of the molecule is Cc1ccc(C2=C(SCCO)C(=O)N(c3ccccc3F)C2=O)c(C)c1. The molecule has 0 aromatic heterocycles. The summed E-state index contributed by atoms with van der Waals surface area (Å²) in [4.78, 5) is 27.1. The summed E-state index contributed by atoms with van der Waals surface area (Å²) < 4.78 is 14.2. The molecule has 1 aliphatic heterocycles. The maximum atomic E-state index is 14.2.